The Morgan fingerprint density at radius 1 is 0.968 bits per heavy atom. The standard InChI is InChI=1S/C24H28ClN5O/c25-20-8-9-23-26-21(18-30(23)16-20)17-27-11-13-28(14-12-27)24(31)22-7-4-10-29(22)15-19-5-2-1-3-6-19/h1-3,5-6,8-9,16,18,22H,4,7,10-15,17H2. The Bertz CT molecular complexity index is 1040. The van der Waals surface area contributed by atoms with E-state index in [4.69, 9.17) is 16.6 Å². The van der Waals surface area contributed by atoms with Gasteiger partial charge in [-0.15, -0.1) is 0 Å². The van der Waals surface area contributed by atoms with Gasteiger partial charge in [-0.3, -0.25) is 14.6 Å². The lowest BCUT2D eigenvalue weighted by Gasteiger charge is -2.37. The summed E-state index contributed by atoms with van der Waals surface area (Å²) in [5.74, 6) is 0.301. The minimum absolute atomic E-state index is 0.0231. The van der Waals surface area contributed by atoms with Crippen molar-refractivity contribution in [2.75, 3.05) is 32.7 Å². The maximum Gasteiger partial charge on any atom is 0.240 e. The van der Waals surface area contributed by atoms with Gasteiger partial charge in [0.15, 0.2) is 0 Å². The lowest BCUT2D eigenvalue weighted by molar-refractivity contribution is -0.138. The molecular weight excluding hydrogens is 410 g/mol. The average molecular weight is 438 g/mol. The van der Waals surface area contributed by atoms with Crippen LogP contribution in [0.4, 0.5) is 0 Å². The van der Waals surface area contributed by atoms with Gasteiger partial charge in [0, 0.05) is 51.7 Å². The van der Waals surface area contributed by atoms with Crippen LogP contribution in [-0.2, 0) is 17.9 Å². The quantitative estimate of drug-likeness (QED) is 0.614. The van der Waals surface area contributed by atoms with E-state index in [1.54, 1.807) is 0 Å². The van der Waals surface area contributed by atoms with Crippen LogP contribution < -0.4 is 0 Å². The lowest BCUT2D eigenvalue weighted by atomic mass is 10.1. The molecule has 0 N–H and O–H groups in total. The molecular formula is C24H28ClN5O. The molecule has 2 fully saturated rings. The highest BCUT2D eigenvalue weighted by Gasteiger charge is 2.34. The number of imidazole rings is 1. The first kappa shape index (κ1) is 20.5. The first-order valence-electron chi connectivity index (χ1n) is 11.1. The van der Waals surface area contributed by atoms with E-state index in [2.05, 4.69) is 39.0 Å². The van der Waals surface area contributed by atoms with Gasteiger partial charge in [0.25, 0.3) is 0 Å². The minimum Gasteiger partial charge on any atom is -0.339 e. The van der Waals surface area contributed by atoms with Crippen LogP contribution in [-0.4, -0.2) is 68.8 Å². The molecule has 1 atom stereocenters. The van der Waals surface area contributed by atoms with Crippen LogP contribution >= 0.6 is 11.6 Å². The highest BCUT2D eigenvalue weighted by atomic mass is 35.5. The van der Waals surface area contributed by atoms with Crippen LogP contribution in [0, 0.1) is 0 Å². The Balaban J connectivity index is 1.16. The zero-order valence-corrected chi connectivity index (χ0v) is 18.4. The maximum atomic E-state index is 13.3. The summed E-state index contributed by atoms with van der Waals surface area (Å²) in [5.41, 5.74) is 3.22. The van der Waals surface area contributed by atoms with Crippen molar-refractivity contribution in [3.05, 3.63) is 71.1 Å². The van der Waals surface area contributed by atoms with Crippen molar-refractivity contribution < 1.29 is 4.79 Å². The number of halogens is 1. The highest BCUT2D eigenvalue weighted by molar-refractivity contribution is 6.30. The van der Waals surface area contributed by atoms with Crippen molar-refractivity contribution in [2.45, 2.75) is 32.0 Å². The summed E-state index contributed by atoms with van der Waals surface area (Å²) in [6, 6.07) is 14.3. The molecule has 0 radical (unpaired) electrons. The van der Waals surface area contributed by atoms with E-state index in [0.29, 0.717) is 10.9 Å². The molecule has 2 aliphatic heterocycles. The van der Waals surface area contributed by atoms with E-state index >= 15 is 0 Å². The highest BCUT2D eigenvalue weighted by Crippen LogP contribution is 2.23. The molecule has 4 heterocycles. The lowest BCUT2D eigenvalue weighted by Crippen LogP contribution is -2.53. The summed E-state index contributed by atoms with van der Waals surface area (Å²) >= 11 is 6.07. The van der Waals surface area contributed by atoms with Crippen LogP contribution in [0.3, 0.4) is 0 Å². The average Bonchev–Trinajstić information content (AvgIpc) is 3.40. The Hall–Kier alpha value is -2.41. The molecule has 1 amide bonds. The van der Waals surface area contributed by atoms with Crippen LogP contribution in [0.5, 0.6) is 0 Å². The molecule has 162 valence electrons. The number of likely N-dealkylation sites (tertiary alicyclic amines) is 1. The van der Waals surface area contributed by atoms with Crippen molar-refractivity contribution in [2.24, 2.45) is 0 Å². The molecule has 5 rings (SSSR count). The summed E-state index contributed by atoms with van der Waals surface area (Å²) in [5, 5.41) is 0.705. The molecule has 2 saturated heterocycles. The van der Waals surface area contributed by atoms with Gasteiger partial charge < -0.3 is 9.30 Å². The van der Waals surface area contributed by atoms with Crippen LogP contribution in [0.25, 0.3) is 5.65 Å². The number of hydrogen-bond acceptors (Lipinski definition) is 4. The van der Waals surface area contributed by atoms with Crippen LogP contribution in [0.2, 0.25) is 5.02 Å². The Morgan fingerprint density at radius 3 is 2.58 bits per heavy atom. The second kappa shape index (κ2) is 8.99. The molecule has 0 spiro atoms. The van der Waals surface area contributed by atoms with Crippen LogP contribution in [0.1, 0.15) is 24.1 Å². The van der Waals surface area contributed by atoms with E-state index in [9.17, 15) is 4.79 Å². The molecule has 2 aromatic heterocycles. The van der Waals surface area contributed by atoms with E-state index < -0.39 is 0 Å². The number of nitrogens with zero attached hydrogens (tertiary/aromatic N) is 5. The minimum atomic E-state index is 0.0231. The van der Waals surface area contributed by atoms with E-state index in [1.165, 1.54) is 5.56 Å². The van der Waals surface area contributed by atoms with Crippen molar-refractivity contribution in [3.63, 3.8) is 0 Å². The van der Waals surface area contributed by atoms with E-state index in [1.807, 2.05) is 35.0 Å². The van der Waals surface area contributed by atoms with Gasteiger partial charge in [0.1, 0.15) is 5.65 Å². The van der Waals surface area contributed by atoms with E-state index in [0.717, 1.165) is 70.0 Å². The summed E-state index contributed by atoms with van der Waals surface area (Å²) < 4.78 is 1.97. The monoisotopic (exact) mass is 437 g/mol. The number of fused-ring (bicyclic) bond motifs is 1. The predicted octanol–water partition coefficient (Wildman–Crippen LogP) is 3.30. The Labute approximate surface area is 188 Å². The third kappa shape index (κ3) is 4.61. The third-order valence-electron chi connectivity index (χ3n) is 6.41. The number of carbonyl (C=O) groups is 1. The van der Waals surface area contributed by atoms with Gasteiger partial charge in [0.2, 0.25) is 5.91 Å². The summed E-state index contributed by atoms with van der Waals surface area (Å²) in [4.78, 5) is 24.7. The topological polar surface area (TPSA) is 44.1 Å². The molecule has 0 bridgehead atoms. The Kier molecular flexibility index (Phi) is 5.94. The molecule has 7 heteroatoms. The summed E-state index contributed by atoms with van der Waals surface area (Å²) in [6.45, 7) is 5.99. The largest absolute Gasteiger partial charge is 0.339 e. The van der Waals surface area contributed by atoms with Gasteiger partial charge in [-0.2, -0.15) is 0 Å². The van der Waals surface area contributed by atoms with Gasteiger partial charge >= 0.3 is 0 Å². The van der Waals surface area contributed by atoms with Crippen molar-refractivity contribution in [3.8, 4) is 0 Å². The smallest absolute Gasteiger partial charge is 0.240 e. The van der Waals surface area contributed by atoms with Crippen molar-refractivity contribution in [1.82, 2.24) is 24.1 Å². The molecule has 6 nitrogen and oxygen atoms in total. The molecule has 2 aliphatic rings. The molecule has 1 unspecified atom stereocenters. The SMILES string of the molecule is O=C(C1CCCN1Cc1ccccc1)N1CCN(Cc2cn3cc(Cl)ccc3n2)CC1. The number of amides is 1. The normalized spacial score (nSPS) is 20.5. The second-order valence-electron chi connectivity index (χ2n) is 8.56. The first-order chi connectivity index (χ1) is 15.2. The fraction of sp³-hybridized carbons (Fsp3) is 0.417. The van der Waals surface area contributed by atoms with Crippen LogP contribution in [0.15, 0.2) is 54.9 Å². The number of carbonyl (C=O) groups excluding carboxylic acids is 1. The molecule has 0 saturated carbocycles. The zero-order chi connectivity index (χ0) is 21.2. The number of pyridine rings is 1. The number of hydrogen-bond donors (Lipinski definition) is 0. The van der Waals surface area contributed by atoms with Gasteiger partial charge in [-0.25, -0.2) is 4.98 Å². The Morgan fingerprint density at radius 2 is 1.77 bits per heavy atom. The summed E-state index contributed by atoms with van der Waals surface area (Å²) in [6.07, 6.45) is 5.99. The molecule has 31 heavy (non-hydrogen) atoms. The predicted molar refractivity (Wildman–Crippen MR) is 122 cm³/mol. The number of aromatic nitrogens is 2. The molecule has 0 aliphatic carbocycles. The van der Waals surface area contributed by atoms with Gasteiger partial charge in [-0.05, 0) is 37.1 Å². The molecule has 3 aromatic rings. The van der Waals surface area contributed by atoms with E-state index in [-0.39, 0.29) is 6.04 Å². The number of benzene rings is 1. The number of piperazine rings is 1. The molecule has 1 aromatic carbocycles. The zero-order valence-electron chi connectivity index (χ0n) is 17.7. The number of rotatable bonds is 5. The van der Waals surface area contributed by atoms with Gasteiger partial charge in [0.05, 0.1) is 16.8 Å². The van der Waals surface area contributed by atoms with Gasteiger partial charge in [-0.1, -0.05) is 41.9 Å². The van der Waals surface area contributed by atoms with Crippen molar-refractivity contribution in [1.29, 1.82) is 0 Å². The van der Waals surface area contributed by atoms with Crippen molar-refractivity contribution >= 4 is 23.2 Å². The first-order valence-corrected chi connectivity index (χ1v) is 11.5. The maximum absolute atomic E-state index is 13.3. The third-order valence-corrected chi connectivity index (χ3v) is 6.64. The summed E-state index contributed by atoms with van der Waals surface area (Å²) in [7, 11) is 0. The second-order valence-corrected chi connectivity index (χ2v) is 9.00. The fourth-order valence-electron chi connectivity index (χ4n) is 4.77. The fourth-order valence-corrected chi connectivity index (χ4v) is 4.94.